The molecule has 3 aromatic carbocycles. The van der Waals surface area contributed by atoms with Gasteiger partial charge in [-0.2, -0.15) is 0 Å². The van der Waals surface area contributed by atoms with Crippen LogP contribution in [0.1, 0.15) is 29.2 Å². The lowest BCUT2D eigenvalue weighted by molar-refractivity contribution is -0.116. The van der Waals surface area contributed by atoms with Crippen molar-refractivity contribution in [2.45, 2.75) is 31.9 Å². The van der Waals surface area contributed by atoms with Crippen LogP contribution in [0.25, 0.3) is 6.08 Å². The molecule has 1 atom stereocenters. The maximum absolute atomic E-state index is 12.5. The summed E-state index contributed by atoms with van der Waals surface area (Å²) in [6.45, 7) is 6.52. The van der Waals surface area contributed by atoms with Gasteiger partial charge >= 0.3 is 0 Å². The van der Waals surface area contributed by atoms with Crippen molar-refractivity contribution in [3.05, 3.63) is 113 Å². The topological polar surface area (TPSA) is 50.4 Å². The summed E-state index contributed by atoms with van der Waals surface area (Å²) in [5.74, 6) is 0.761. The number of benzene rings is 3. The van der Waals surface area contributed by atoms with E-state index in [-0.39, 0.29) is 11.4 Å². The summed E-state index contributed by atoms with van der Waals surface area (Å²) in [7, 11) is 0. The number of allylic oxidation sites excluding steroid dienone is 1. The third-order valence-electron chi connectivity index (χ3n) is 5.37. The number of anilines is 1. The first kappa shape index (κ1) is 22.7. The maximum atomic E-state index is 12.5. The van der Waals surface area contributed by atoms with Crippen LogP contribution in [0.2, 0.25) is 0 Å². The number of aryl methyl sites for hydroxylation is 1. The van der Waals surface area contributed by atoms with Gasteiger partial charge in [0.25, 0.3) is 5.91 Å². The Morgan fingerprint density at radius 3 is 2.58 bits per heavy atom. The molecule has 4 rings (SSSR count). The first-order chi connectivity index (χ1) is 16.1. The molecule has 1 amide bonds. The van der Waals surface area contributed by atoms with E-state index in [1.54, 1.807) is 0 Å². The van der Waals surface area contributed by atoms with Crippen LogP contribution in [0.5, 0.6) is 5.75 Å². The number of nitrogens with one attached hydrogen (secondary N) is 2. The summed E-state index contributed by atoms with van der Waals surface area (Å²) in [6.07, 6.45) is 5.49. The second kappa shape index (κ2) is 10.9. The first-order valence-electron chi connectivity index (χ1n) is 11.1. The molecule has 0 bridgehead atoms. The number of ether oxygens (including phenoxy) is 1. The van der Waals surface area contributed by atoms with Crippen molar-refractivity contribution in [1.82, 2.24) is 5.32 Å². The molecule has 1 aliphatic rings. The van der Waals surface area contributed by atoms with Crippen LogP contribution in [-0.2, 0) is 24.2 Å². The maximum Gasteiger partial charge on any atom is 0.260 e. The van der Waals surface area contributed by atoms with Crippen molar-refractivity contribution in [1.29, 1.82) is 0 Å². The van der Waals surface area contributed by atoms with E-state index in [1.165, 1.54) is 17.3 Å². The molecule has 0 aromatic heterocycles. The Labute approximate surface area is 199 Å². The molecular weight excluding hydrogens is 428 g/mol. The smallest absolute Gasteiger partial charge is 0.260 e. The van der Waals surface area contributed by atoms with E-state index in [2.05, 4.69) is 42.3 Å². The minimum Gasteiger partial charge on any atom is -0.489 e. The predicted octanol–water partition coefficient (Wildman–Crippen LogP) is 6.16. The van der Waals surface area contributed by atoms with E-state index >= 15 is 0 Å². The van der Waals surface area contributed by atoms with Gasteiger partial charge in [-0.15, -0.1) is 6.58 Å². The minimum absolute atomic E-state index is 0.0719. The lowest BCUT2D eigenvalue weighted by Gasteiger charge is -2.13. The van der Waals surface area contributed by atoms with Crippen molar-refractivity contribution in [2.24, 2.45) is 0 Å². The van der Waals surface area contributed by atoms with E-state index < -0.39 is 0 Å². The Hall–Kier alpha value is -3.44. The Morgan fingerprint density at radius 2 is 1.85 bits per heavy atom. The first-order valence-corrected chi connectivity index (χ1v) is 12.0. The van der Waals surface area contributed by atoms with E-state index in [4.69, 9.17) is 4.74 Å². The predicted molar refractivity (Wildman–Crippen MR) is 138 cm³/mol. The zero-order valence-electron chi connectivity index (χ0n) is 18.7. The summed E-state index contributed by atoms with van der Waals surface area (Å²) in [4.78, 5) is 13.2. The number of amides is 1. The molecule has 3 aromatic rings. The van der Waals surface area contributed by atoms with E-state index in [9.17, 15) is 4.79 Å². The molecule has 1 fully saturated rings. The fraction of sp³-hybridized carbons (Fsp3) is 0.179. The second-order valence-electron chi connectivity index (χ2n) is 7.81. The van der Waals surface area contributed by atoms with Crippen molar-refractivity contribution in [3.63, 3.8) is 0 Å². The van der Waals surface area contributed by atoms with Crippen molar-refractivity contribution in [3.8, 4) is 5.75 Å². The number of carbonyl (C=O) groups excluding carboxylic acids is 1. The Bertz CT molecular complexity index is 1140. The van der Waals surface area contributed by atoms with Crippen LogP contribution in [0.15, 0.2) is 90.4 Å². The van der Waals surface area contributed by atoms with Crippen LogP contribution in [0.4, 0.5) is 5.69 Å². The van der Waals surface area contributed by atoms with E-state index in [0.717, 1.165) is 34.5 Å². The highest BCUT2D eigenvalue weighted by Crippen LogP contribution is 2.31. The third-order valence-corrected chi connectivity index (χ3v) is 6.40. The molecule has 0 unspecified atom stereocenters. The largest absolute Gasteiger partial charge is 0.489 e. The fourth-order valence-electron chi connectivity index (χ4n) is 3.58. The van der Waals surface area contributed by atoms with Crippen LogP contribution in [-0.4, -0.2) is 11.4 Å². The van der Waals surface area contributed by atoms with Gasteiger partial charge in [-0.25, -0.2) is 0 Å². The molecule has 0 saturated carbocycles. The van der Waals surface area contributed by atoms with Gasteiger partial charge in [0.2, 0.25) is 0 Å². The average Bonchev–Trinajstić information content (AvgIpc) is 3.18. The monoisotopic (exact) mass is 456 g/mol. The molecule has 168 valence electrons. The highest BCUT2D eigenvalue weighted by molar-refractivity contribution is 8.05. The summed E-state index contributed by atoms with van der Waals surface area (Å²) in [5, 5.41) is 6.36. The number of rotatable bonds is 9. The van der Waals surface area contributed by atoms with Gasteiger partial charge in [0.15, 0.2) is 5.50 Å². The van der Waals surface area contributed by atoms with Gasteiger partial charge in [-0.05, 0) is 65.4 Å². The normalized spacial score (nSPS) is 16.5. The summed E-state index contributed by atoms with van der Waals surface area (Å²) in [5.41, 5.74) is 5.21. The zero-order valence-corrected chi connectivity index (χ0v) is 19.5. The Morgan fingerprint density at radius 1 is 1.06 bits per heavy atom. The lowest BCUT2D eigenvalue weighted by Crippen LogP contribution is -2.30. The molecule has 1 heterocycles. The number of hydrogen-bond acceptors (Lipinski definition) is 4. The van der Waals surface area contributed by atoms with E-state index in [1.807, 2.05) is 66.7 Å². The molecule has 0 radical (unpaired) electrons. The van der Waals surface area contributed by atoms with E-state index in [0.29, 0.717) is 17.9 Å². The minimum atomic E-state index is -0.197. The molecule has 0 spiro atoms. The van der Waals surface area contributed by atoms with Crippen LogP contribution < -0.4 is 15.4 Å². The van der Waals surface area contributed by atoms with Gasteiger partial charge in [0.05, 0.1) is 4.91 Å². The number of carbonyl (C=O) groups is 1. The molecular formula is C28H28N2O2S. The Kier molecular flexibility index (Phi) is 7.53. The molecule has 4 nitrogen and oxygen atoms in total. The van der Waals surface area contributed by atoms with Gasteiger partial charge in [-0.3, -0.25) is 4.79 Å². The average molecular weight is 457 g/mol. The molecule has 0 aliphatic carbocycles. The van der Waals surface area contributed by atoms with Crippen LogP contribution >= 0.6 is 11.8 Å². The SMILES string of the molecule is C=CCc1cc(/C=C2\S[C@@H](Nc3ccc(CC)cc3)NC2=O)ccc1OCc1ccccc1. The van der Waals surface area contributed by atoms with Crippen LogP contribution in [0.3, 0.4) is 0 Å². The highest BCUT2D eigenvalue weighted by Gasteiger charge is 2.27. The quantitative estimate of drug-likeness (QED) is 0.299. The molecule has 5 heteroatoms. The Balaban J connectivity index is 1.45. The number of hydrogen-bond donors (Lipinski definition) is 2. The summed E-state index contributed by atoms with van der Waals surface area (Å²) in [6, 6.07) is 24.4. The molecule has 33 heavy (non-hydrogen) atoms. The van der Waals surface area contributed by atoms with Gasteiger partial charge in [0, 0.05) is 5.69 Å². The standard InChI is InChI=1S/C28H28N2O2S/c1-3-8-23-17-22(13-16-25(23)32-19-21-9-6-5-7-10-21)18-26-27(31)30-28(33-26)29-24-14-11-20(4-2)12-15-24/h3,5-7,9-18,28-29H,1,4,8,19H2,2H3,(H,30,31)/b26-18-/t28-/m0/s1. The zero-order chi connectivity index (χ0) is 23.0. The lowest BCUT2D eigenvalue weighted by atomic mass is 10.1. The summed E-state index contributed by atoms with van der Waals surface area (Å²) >= 11 is 1.49. The van der Waals surface area contributed by atoms with Crippen molar-refractivity contribution < 1.29 is 9.53 Å². The highest BCUT2D eigenvalue weighted by atomic mass is 32.2. The molecule has 1 aliphatic heterocycles. The van der Waals surface area contributed by atoms with Crippen molar-refractivity contribution in [2.75, 3.05) is 5.32 Å². The third kappa shape index (κ3) is 6.08. The molecule has 2 N–H and O–H groups in total. The fourth-order valence-corrected chi connectivity index (χ4v) is 4.57. The summed E-state index contributed by atoms with van der Waals surface area (Å²) < 4.78 is 6.06. The van der Waals surface area contributed by atoms with Gasteiger partial charge in [0.1, 0.15) is 12.4 Å². The van der Waals surface area contributed by atoms with Crippen LogP contribution in [0, 0.1) is 0 Å². The van der Waals surface area contributed by atoms with Gasteiger partial charge in [-0.1, -0.05) is 73.3 Å². The van der Waals surface area contributed by atoms with Crippen molar-refractivity contribution >= 4 is 29.4 Å². The molecule has 1 saturated heterocycles. The van der Waals surface area contributed by atoms with Gasteiger partial charge < -0.3 is 15.4 Å². The second-order valence-corrected chi connectivity index (χ2v) is 8.96. The number of thioether (sulfide) groups is 1.